The van der Waals surface area contributed by atoms with E-state index in [0.29, 0.717) is 83.7 Å². The molecule has 74 heavy (non-hydrogen) atoms. The molecule has 2 fully saturated rings. The number of nitrogens with zero attached hydrogens (tertiary/aromatic N) is 2. The van der Waals surface area contributed by atoms with Crippen molar-refractivity contribution in [2.45, 2.75) is 127 Å². The Morgan fingerprint density at radius 1 is 1.07 bits per heavy atom. The van der Waals surface area contributed by atoms with Crippen LogP contribution >= 0.6 is 23.4 Å². The van der Waals surface area contributed by atoms with Crippen LogP contribution in [0.4, 0.5) is 10.5 Å². The smallest absolute Gasteiger partial charge is 0.409 e. The number of carbonyl (C=O) groups is 5. The zero-order valence-electron chi connectivity index (χ0n) is 44.5. The van der Waals surface area contributed by atoms with Crippen molar-refractivity contribution in [2.24, 2.45) is 5.92 Å². The maximum atomic E-state index is 14.4. The summed E-state index contributed by atoms with van der Waals surface area (Å²) < 4.78 is 50.6. The van der Waals surface area contributed by atoms with Crippen molar-refractivity contribution in [1.82, 2.24) is 15.5 Å². The summed E-state index contributed by atoms with van der Waals surface area (Å²) >= 11 is 8.22. The van der Waals surface area contributed by atoms with Gasteiger partial charge < -0.3 is 67.6 Å². The van der Waals surface area contributed by atoms with Crippen molar-refractivity contribution in [1.29, 1.82) is 0 Å². The first-order valence-electron chi connectivity index (χ1n) is 24.5. The first kappa shape index (κ1) is 65.1. The number of alkyl carbamates (subject to hydrolysis) is 1. The molecule has 23 heteroatoms. The molecule has 0 unspecified atom stereocenters. The molecule has 0 aromatic heterocycles. The van der Waals surface area contributed by atoms with Gasteiger partial charge in [-0.25, -0.2) is 9.59 Å². The van der Waals surface area contributed by atoms with Crippen LogP contribution in [0.5, 0.6) is 5.75 Å². The molecule has 4 bridgehead atoms. The van der Waals surface area contributed by atoms with Crippen LogP contribution in [0.25, 0.3) is 0 Å². The van der Waals surface area contributed by atoms with E-state index in [4.69, 9.17) is 54.2 Å². The Morgan fingerprint density at radius 2 is 1.70 bits per heavy atom. The summed E-state index contributed by atoms with van der Waals surface area (Å²) in [5.74, 6) is -1.83. The number of carbonyl (C=O) groups excluding carboxylic acids is 6. The number of esters is 1. The number of anilines is 1. The van der Waals surface area contributed by atoms with E-state index in [0.717, 1.165) is 11.1 Å². The van der Waals surface area contributed by atoms with Gasteiger partial charge in [0.1, 0.15) is 40.7 Å². The number of amides is 4. The van der Waals surface area contributed by atoms with E-state index in [1.165, 1.54) is 49.8 Å². The number of hydrogen-bond donors (Lipinski definition) is 3. The molecule has 2 saturated heterocycles. The third-order valence-electron chi connectivity index (χ3n) is 13.1. The fourth-order valence-corrected chi connectivity index (χ4v) is 9.51. The van der Waals surface area contributed by atoms with E-state index >= 15 is 0 Å². The standard InChI is InChI=1S/C51H76ClN4O16S.Y/c1-33-13-11-14-40(65-10)51(63)31-39(70-48(62)54-51)34(2)46-50(6,72-46)41(30-44(60)56(8)37-28-36(27-33)29-38(64-9)45(37)52)71-47(61)35(3)55(7)43(59)15-16-49(4,5)73-32-42(58)53-17-20-67-22-24-69-26-25-68-23-21-66-19-12-18-57;/h11,13-14,28-29,34-35,39-41,46,63H,12,15-17,19-27,30-32H2,1-10H3,(H,53,58)(H,54,62);/q-1;/b14-11+,33-13+;/t34-,35+,39+,40-,41+,46+,50+,51+;/m1./s1. The van der Waals surface area contributed by atoms with Crippen molar-refractivity contribution >= 4 is 65.1 Å². The van der Waals surface area contributed by atoms with E-state index in [1.807, 2.05) is 26.8 Å². The molecule has 413 valence electrons. The Hall–Kier alpha value is -3.22. The second-order valence-electron chi connectivity index (χ2n) is 19.1. The molecule has 4 rings (SSSR count). The van der Waals surface area contributed by atoms with Crippen molar-refractivity contribution < 1.29 is 109 Å². The average Bonchev–Trinajstić information content (AvgIpc) is 4.05. The third-order valence-corrected chi connectivity index (χ3v) is 14.9. The van der Waals surface area contributed by atoms with Crippen LogP contribution in [0.15, 0.2) is 35.9 Å². The number of epoxide rings is 1. The van der Waals surface area contributed by atoms with Gasteiger partial charge in [-0.2, -0.15) is 0 Å². The van der Waals surface area contributed by atoms with E-state index in [1.54, 1.807) is 51.5 Å². The number of thioether (sulfide) groups is 1. The number of likely N-dealkylation sites (N-methyl/N-ethyl adjacent to an activating group) is 1. The number of hydrogen-bond acceptors (Lipinski definition) is 17. The molecule has 20 nitrogen and oxygen atoms in total. The maximum Gasteiger partial charge on any atom is 0.409 e. The minimum atomic E-state index is -1.87. The first-order chi connectivity index (χ1) is 34.6. The van der Waals surface area contributed by atoms with Gasteiger partial charge >= 0.3 is 12.1 Å². The van der Waals surface area contributed by atoms with Gasteiger partial charge in [0.05, 0.1) is 77.3 Å². The van der Waals surface area contributed by atoms with Crippen LogP contribution < -0.4 is 20.3 Å². The first-order valence-corrected chi connectivity index (χ1v) is 25.9. The second-order valence-corrected chi connectivity index (χ2v) is 21.2. The van der Waals surface area contributed by atoms with Crippen LogP contribution in [0, 0.1) is 5.92 Å². The number of nitrogens with one attached hydrogen (secondary N) is 2. The Balaban J connectivity index is 0.0000144. The summed E-state index contributed by atoms with van der Waals surface area (Å²) in [7, 11) is 5.96. The quantitative estimate of drug-likeness (QED) is 0.0501. The topological polar surface area (TPSA) is 240 Å². The largest absolute Gasteiger partial charge is 0.542 e. The molecule has 3 heterocycles. The molecule has 3 aliphatic rings. The van der Waals surface area contributed by atoms with Crippen molar-refractivity contribution in [3.05, 3.63) is 46.5 Å². The van der Waals surface area contributed by atoms with E-state index in [2.05, 4.69) is 10.6 Å². The van der Waals surface area contributed by atoms with Gasteiger partial charge in [-0.15, -0.1) is 18.2 Å². The van der Waals surface area contributed by atoms with Gasteiger partial charge in [0, 0.05) is 90.6 Å². The van der Waals surface area contributed by atoms with Gasteiger partial charge in [-0.3, -0.25) is 26.0 Å². The monoisotopic (exact) mass is 1160 g/mol. The van der Waals surface area contributed by atoms with E-state index in [9.17, 15) is 33.9 Å². The summed E-state index contributed by atoms with van der Waals surface area (Å²) in [4.78, 5) is 80.5. The normalized spacial score (nSPS) is 25.6. The van der Waals surface area contributed by atoms with Crippen molar-refractivity contribution in [3.8, 4) is 5.75 Å². The predicted octanol–water partition coefficient (Wildman–Crippen LogP) is 4.49. The van der Waals surface area contributed by atoms with Crippen LogP contribution in [-0.4, -0.2) is 186 Å². The summed E-state index contributed by atoms with van der Waals surface area (Å²) in [6.07, 6.45) is 3.04. The summed E-state index contributed by atoms with van der Waals surface area (Å²) in [5, 5.41) is 17.4. The number of allylic oxidation sites excluding steroid dienone is 3. The molecular weight excluding hydrogens is 1080 g/mol. The number of fused-ring (bicyclic) bond motifs is 5. The molecule has 3 aliphatic heterocycles. The van der Waals surface area contributed by atoms with Gasteiger partial charge in [-0.05, 0) is 51.3 Å². The molecule has 0 saturated carbocycles. The fraction of sp³-hybridized carbons (Fsp3) is 0.686. The minimum Gasteiger partial charge on any atom is -0.542 e. The minimum absolute atomic E-state index is 0. The van der Waals surface area contributed by atoms with Gasteiger partial charge in [0.25, 0.3) is 0 Å². The number of halogens is 1. The van der Waals surface area contributed by atoms with Crippen LogP contribution in [-0.2, 0) is 101 Å². The van der Waals surface area contributed by atoms with Crippen LogP contribution in [0.1, 0.15) is 79.2 Å². The maximum absolute atomic E-state index is 14.4. The SMILES string of the molecule is COc1cc2cc(c1Cl)N(C)C(=O)C[C@H](OC(=O)[C@H](C)N(C)C(=O)CCC(C)(C)SCC(=O)NCCOCCOCCOCCOCC[C-]=O)[C@]1(C)O[C@H]1[C@H](C)[C@@H]1C[C@@](O)(NC(=O)O1)[C@H](OC)/C=C/C=C(\C)C2.[Y]. The molecule has 4 amide bonds. The zero-order chi connectivity index (χ0) is 53.9. The average molecular weight is 1160 g/mol. The second kappa shape index (κ2) is 31.3. The van der Waals surface area contributed by atoms with E-state index < -0.39 is 70.4 Å². The molecule has 8 atom stereocenters. The number of ether oxygens (including phenoxy) is 9. The van der Waals surface area contributed by atoms with Gasteiger partial charge in [-0.1, -0.05) is 56.2 Å². The van der Waals surface area contributed by atoms with Gasteiger partial charge in [0.2, 0.25) is 17.7 Å². The Morgan fingerprint density at radius 3 is 2.32 bits per heavy atom. The fourth-order valence-electron chi connectivity index (χ4n) is 8.32. The van der Waals surface area contributed by atoms with Crippen molar-refractivity contribution in [2.75, 3.05) is 98.4 Å². The number of benzene rings is 1. The number of rotatable bonds is 26. The molecule has 1 aromatic rings. The molecule has 1 aromatic carbocycles. The molecular formula is C51H76ClN4O16SY-. The van der Waals surface area contributed by atoms with Crippen LogP contribution in [0.2, 0.25) is 5.02 Å². The Labute approximate surface area is 470 Å². The van der Waals surface area contributed by atoms with Crippen LogP contribution in [0.3, 0.4) is 0 Å². The predicted molar refractivity (Wildman–Crippen MR) is 273 cm³/mol. The number of aliphatic hydroxyl groups is 1. The van der Waals surface area contributed by atoms with Crippen molar-refractivity contribution in [3.63, 3.8) is 0 Å². The third kappa shape index (κ3) is 19.7. The summed E-state index contributed by atoms with van der Waals surface area (Å²) in [6, 6.07) is 2.48. The molecule has 3 N–H and O–H groups in total. The summed E-state index contributed by atoms with van der Waals surface area (Å²) in [5.41, 5.74) is -1.09. The Kier molecular flexibility index (Phi) is 27.5. The number of methoxy groups -OCH3 is 2. The summed E-state index contributed by atoms with van der Waals surface area (Å²) in [6.45, 7) is 14.1. The molecule has 0 aliphatic carbocycles. The van der Waals surface area contributed by atoms with E-state index in [-0.39, 0.29) is 81.0 Å². The van der Waals surface area contributed by atoms with Gasteiger partial charge in [0.15, 0.2) is 5.72 Å². The molecule has 1 radical (unpaired) electrons. The zero-order valence-corrected chi connectivity index (χ0v) is 48.9. The Bertz CT molecular complexity index is 2100. The molecule has 0 spiro atoms.